The molecular weight excluding hydrogens is 246 g/mol. The first-order chi connectivity index (χ1) is 9.54. The minimum Gasteiger partial charge on any atom is -0.330 e. The van der Waals surface area contributed by atoms with Crippen LogP contribution in [0.5, 0.6) is 0 Å². The van der Waals surface area contributed by atoms with Gasteiger partial charge in [-0.15, -0.1) is 0 Å². The first-order valence-electron chi connectivity index (χ1n) is 7.37. The van der Waals surface area contributed by atoms with E-state index in [2.05, 4.69) is 61.5 Å². The van der Waals surface area contributed by atoms with Crippen molar-refractivity contribution in [3.63, 3.8) is 0 Å². The summed E-state index contributed by atoms with van der Waals surface area (Å²) in [5, 5.41) is 0. The lowest BCUT2D eigenvalue weighted by atomic mass is 9.93. The molecule has 0 bridgehead atoms. The summed E-state index contributed by atoms with van der Waals surface area (Å²) in [4.78, 5) is 4.31. The first kappa shape index (κ1) is 14.8. The summed E-state index contributed by atoms with van der Waals surface area (Å²) in [6.07, 6.45) is 3.82. The van der Waals surface area contributed by atoms with Crippen LogP contribution >= 0.6 is 0 Å². The molecule has 0 amide bonds. The zero-order chi connectivity index (χ0) is 14.7. The van der Waals surface area contributed by atoms with Crippen molar-refractivity contribution in [1.29, 1.82) is 0 Å². The molecule has 0 radical (unpaired) electrons. The second kappa shape index (κ2) is 6.23. The molecule has 20 heavy (non-hydrogen) atoms. The van der Waals surface area contributed by atoms with Crippen LogP contribution < -0.4 is 5.73 Å². The van der Waals surface area contributed by atoms with Gasteiger partial charge in [0.1, 0.15) is 0 Å². The Labute approximate surface area is 121 Å². The van der Waals surface area contributed by atoms with Crippen molar-refractivity contribution in [3.05, 3.63) is 48.0 Å². The number of hydrogen-bond acceptors (Lipinski definition) is 2. The number of hydrogen-bond donors (Lipinski definition) is 1. The van der Waals surface area contributed by atoms with Crippen LogP contribution in [-0.4, -0.2) is 16.1 Å². The van der Waals surface area contributed by atoms with E-state index < -0.39 is 0 Å². The predicted molar refractivity (Wildman–Crippen MR) is 84.3 cm³/mol. The van der Waals surface area contributed by atoms with Crippen LogP contribution in [0.1, 0.15) is 50.8 Å². The molecule has 3 heteroatoms. The Bertz CT molecular complexity index is 538. The molecule has 1 unspecified atom stereocenters. The van der Waals surface area contributed by atoms with Gasteiger partial charge in [-0.05, 0) is 29.5 Å². The van der Waals surface area contributed by atoms with Gasteiger partial charge in [-0.2, -0.15) is 0 Å². The van der Waals surface area contributed by atoms with Crippen LogP contribution in [0.15, 0.2) is 36.8 Å². The highest BCUT2D eigenvalue weighted by atomic mass is 15.1. The monoisotopic (exact) mass is 271 g/mol. The van der Waals surface area contributed by atoms with Crippen LogP contribution in [0, 0.1) is 5.92 Å². The Morgan fingerprint density at radius 3 is 2.25 bits per heavy atom. The summed E-state index contributed by atoms with van der Waals surface area (Å²) < 4.78 is 2.15. The molecule has 0 aliphatic carbocycles. The summed E-state index contributed by atoms with van der Waals surface area (Å²) >= 11 is 0. The Balaban J connectivity index is 2.36. The number of nitrogens with two attached hydrogens (primary N) is 1. The number of aromatic nitrogens is 2. The molecule has 108 valence electrons. The van der Waals surface area contributed by atoms with Crippen molar-refractivity contribution >= 4 is 0 Å². The third-order valence-electron chi connectivity index (χ3n) is 3.94. The quantitative estimate of drug-likeness (QED) is 0.901. The fourth-order valence-electron chi connectivity index (χ4n) is 2.55. The summed E-state index contributed by atoms with van der Waals surface area (Å²) in [5.74, 6) is 1.39. The topological polar surface area (TPSA) is 43.8 Å². The Kier molecular flexibility index (Phi) is 4.61. The summed E-state index contributed by atoms with van der Waals surface area (Å²) in [5.41, 5.74) is 9.64. The maximum Gasteiger partial charge on any atom is 0.0994 e. The van der Waals surface area contributed by atoms with Crippen molar-refractivity contribution in [2.24, 2.45) is 11.7 Å². The largest absolute Gasteiger partial charge is 0.330 e. The zero-order valence-corrected chi connectivity index (χ0v) is 12.9. The molecule has 1 aromatic heterocycles. The molecule has 2 aromatic rings. The van der Waals surface area contributed by atoms with Gasteiger partial charge in [0.15, 0.2) is 0 Å². The van der Waals surface area contributed by atoms with Gasteiger partial charge in [0.25, 0.3) is 0 Å². The third-order valence-corrected chi connectivity index (χ3v) is 3.94. The Hall–Kier alpha value is -1.61. The average molecular weight is 271 g/mol. The molecule has 0 saturated carbocycles. The highest BCUT2D eigenvalue weighted by Crippen LogP contribution is 2.26. The normalized spacial score (nSPS) is 13.2. The lowest BCUT2D eigenvalue weighted by molar-refractivity contribution is 0.490. The van der Waals surface area contributed by atoms with E-state index in [4.69, 9.17) is 5.73 Å². The van der Waals surface area contributed by atoms with Gasteiger partial charge < -0.3 is 10.3 Å². The number of imidazole rings is 1. The fraction of sp³-hybridized carbons (Fsp3) is 0.471. The lowest BCUT2D eigenvalue weighted by Gasteiger charge is -2.21. The molecule has 1 aromatic carbocycles. The van der Waals surface area contributed by atoms with Gasteiger partial charge >= 0.3 is 0 Å². The SMILES string of the molecule is CC(C)c1ccc(-n2cncc2C(CN)C(C)C)cc1. The second-order valence-corrected chi connectivity index (χ2v) is 6.02. The van der Waals surface area contributed by atoms with Gasteiger partial charge in [-0.1, -0.05) is 39.8 Å². The van der Waals surface area contributed by atoms with Crippen molar-refractivity contribution in [1.82, 2.24) is 9.55 Å². The Morgan fingerprint density at radius 1 is 1.10 bits per heavy atom. The molecule has 0 saturated heterocycles. The summed E-state index contributed by atoms with van der Waals surface area (Å²) in [7, 11) is 0. The van der Waals surface area contributed by atoms with E-state index in [-0.39, 0.29) is 0 Å². The van der Waals surface area contributed by atoms with E-state index in [1.165, 1.54) is 11.3 Å². The van der Waals surface area contributed by atoms with Crippen LogP contribution in [0.3, 0.4) is 0 Å². The minimum atomic E-state index is 0.335. The molecular formula is C17H25N3. The molecule has 0 fully saturated rings. The second-order valence-electron chi connectivity index (χ2n) is 6.02. The number of rotatable bonds is 5. The molecule has 2 N–H and O–H groups in total. The highest BCUT2D eigenvalue weighted by Gasteiger charge is 2.18. The van der Waals surface area contributed by atoms with Crippen LogP contribution in [0.4, 0.5) is 0 Å². The van der Waals surface area contributed by atoms with Crippen LogP contribution in [0.2, 0.25) is 0 Å². The van der Waals surface area contributed by atoms with Crippen molar-refractivity contribution in [2.75, 3.05) is 6.54 Å². The van der Waals surface area contributed by atoms with Gasteiger partial charge in [-0.25, -0.2) is 4.98 Å². The minimum absolute atomic E-state index is 0.335. The first-order valence-corrected chi connectivity index (χ1v) is 7.37. The van der Waals surface area contributed by atoms with Gasteiger partial charge in [0, 0.05) is 30.0 Å². The molecule has 0 aliphatic heterocycles. The maximum absolute atomic E-state index is 5.93. The molecule has 1 atom stereocenters. The maximum atomic E-state index is 5.93. The van der Waals surface area contributed by atoms with Crippen molar-refractivity contribution < 1.29 is 0 Å². The van der Waals surface area contributed by atoms with E-state index in [1.807, 2.05) is 12.5 Å². The van der Waals surface area contributed by atoms with Gasteiger partial charge in [0.2, 0.25) is 0 Å². The van der Waals surface area contributed by atoms with Crippen molar-refractivity contribution in [2.45, 2.75) is 39.5 Å². The van der Waals surface area contributed by atoms with E-state index in [0.717, 1.165) is 5.69 Å². The van der Waals surface area contributed by atoms with Crippen molar-refractivity contribution in [3.8, 4) is 5.69 Å². The molecule has 3 nitrogen and oxygen atoms in total. The Morgan fingerprint density at radius 2 is 1.75 bits per heavy atom. The standard InChI is InChI=1S/C17H25N3/c1-12(2)14-5-7-15(8-6-14)20-11-19-10-17(20)16(9-18)13(3)4/h5-8,10-13,16H,9,18H2,1-4H3. The van der Waals surface area contributed by atoms with E-state index in [1.54, 1.807) is 0 Å². The van der Waals surface area contributed by atoms with Crippen LogP contribution in [-0.2, 0) is 0 Å². The number of nitrogens with zero attached hydrogens (tertiary/aromatic N) is 2. The smallest absolute Gasteiger partial charge is 0.0994 e. The summed E-state index contributed by atoms with van der Waals surface area (Å²) in [6, 6.07) is 8.70. The van der Waals surface area contributed by atoms with E-state index in [9.17, 15) is 0 Å². The van der Waals surface area contributed by atoms with E-state index >= 15 is 0 Å². The molecule has 0 spiro atoms. The third kappa shape index (κ3) is 2.93. The zero-order valence-electron chi connectivity index (χ0n) is 12.9. The number of benzene rings is 1. The average Bonchev–Trinajstić information content (AvgIpc) is 2.88. The molecule has 2 rings (SSSR count). The predicted octanol–water partition coefficient (Wildman–Crippen LogP) is 3.69. The molecule has 0 aliphatic rings. The van der Waals surface area contributed by atoms with Gasteiger partial charge in [0.05, 0.1) is 6.33 Å². The highest BCUT2D eigenvalue weighted by molar-refractivity contribution is 5.38. The molecule has 1 heterocycles. The fourth-order valence-corrected chi connectivity index (χ4v) is 2.55. The van der Waals surface area contributed by atoms with Gasteiger partial charge in [-0.3, -0.25) is 0 Å². The van der Waals surface area contributed by atoms with Crippen LogP contribution in [0.25, 0.3) is 5.69 Å². The summed E-state index contributed by atoms with van der Waals surface area (Å²) in [6.45, 7) is 9.47. The van der Waals surface area contributed by atoms with E-state index in [0.29, 0.717) is 24.3 Å². The lowest BCUT2D eigenvalue weighted by Crippen LogP contribution is -2.20.